The molecule has 4 nitrogen and oxygen atoms in total. The summed E-state index contributed by atoms with van der Waals surface area (Å²) in [6.45, 7) is 1.24. The van der Waals surface area contributed by atoms with Crippen molar-refractivity contribution in [3.8, 4) is 0 Å². The molecule has 0 radical (unpaired) electrons. The molecule has 1 atom stereocenters. The van der Waals surface area contributed by atoms with E-state index in [-0.39, 0.29) is 6.10 Å². The number of fused-ring (bicyclic) bond motifs is 1. The quantitative estimate of drug-likeness (QED) is 0.849. The number of benzene rings is 1. The van der Waals surface area contributed by atoms with E-state index in [1.54, 1.807) is 14.2 Å². The molecule has 0 saturated carbocycles. The lowest BCUT2D eigenvalue weighted by atomic mass is 10.2. The SMILES string of the molecule is COCC(CNc1ccc2ccccc2n1)OC. The van der Waals surface area contributed by atoms with E-state index in [4.69, 9.17) is 9.47 Å². The fraction of sp³-hybridized carbons (Fsp3) is 0.357. The second-order valence-corrected chi connectivity index (χ2v) is 4.08. The normalized spacial score (nSPS) is 12.6. The van der Waals surface area contributed by atoms with Gasteiger partial charge in [-0.15, -0.1) is 0 Å². The first kappa shape index (κ1) is 12.8. The minimum absolute atomic E-state index is 0.0308. The summed E-state index contributed by atoms with van der Waals surface area (Å²) in [6.07, 6.45) is 0.0308. The van der Waals surface area contributed by atoms with Crippen LogP contribution in [-0.2, 0) is 9.47 Å². The number of anilines is 1. The van der Waals surface area contributed by atoms with Crippen LogP contribution in [0.25, 0.3) is 10.9 Å². The van der Waals surface area contributed by atoms with Gasteiger partial charge in [0.05, 0.1) is 18.2 Å². The van der Waals surface area contributed by atoms with Crippen LogP contribution in [0.4, 0.5) is 5.82 Å². The number of rotatable bonds is 6. The fourth-order valence-electron chi connectivity index (χ4n) is 1.78. The van der Waals surface area contributed by atoms with Crippen molar-refractivity contribution < 1.29 is 9.47 Å². The lowest BCUT2D eigenvalue weighted by Crippen LogP contribution is -2.26. The predicted octanol–water partition coefficient (Wildman–Crippen LogP) is 2.31. The number of nitrogens with one attached hydrogen (secondary N) is 1. The van der Waals surface area contributed by atoms with Crippen molar-refractivity contribution in [3.05, 3.63) is 36.4 Å². The Morgan fingerprint density at radius 2 is 2.00 bits per heavy atom. The maximum Gasteiger partial charge on any atom is 0.126 e. The molecular weight excluding hydrogens is 228 g/mol. The summed E-state index contributed by atoms with van der Waals surface area (Å²) in [5.41, 5.74) is 0.989. The Balaban J connectivity index is 2.03. The van der Waals surface area contributed by atoms with E-state index in [0.29, 0.717) is 13.2 Å². The number of hydrogen-bond acceptors (Lipinski definition) is 4. The lowest BCUT2D eigenvalue weighted by molar-refractivity contribution is 0.0365. The average molecular weight is 246 g/mol. The van der Waals surface area contributed by atoms with Gasteiger partial charge in [-0.25, -0.2) is 4.98 Å². The summed E-state index contributed by atoms with van der Waals surface area (Å²) in [5, 5.41) is 4.40. The Morgan fingerprint density at radius 1 is 1.17 bits per heavy atom. The predicted molar refractivity (Wildman–Crippen MR) is 72.9 cm³/mol. The molecule has 0 saturated heterocycles. The Bertz CT molecular complexity index is 502. The van der Waals surface area contributed by atoms with Crippen molar-refractivity contribution >= 4 is 16.7 Å². The van der Waals surface area contributed by atoms with Gasteiger partial charge in [-0.2, -0.15) is 0 Å². The molecule has 0 bridgehead atoms. The maximum atomic E-state index is 5.28. The number of aromatic nitrogens is 1. The van der Waals surface area contributed by atoms with Gasteiger partial charge < -0.3 is 14.8 Å². The molecule has 0 aliphatic carbocycles. The zero-order valence-corrected chi connectivity index (χ0v) is 10.7. The van der Waals surface area contributed by atoms with Gasteiger partial charge in [0.25, 0.3) is 0 Å². The summed E-state index contributed by atoms with van der Waals surface area (Å²) in [5.74, 6) is 0.854. The highest BCUT2D eigenvalue weighted by molar-refractivity contribution is 5.79. The van der Waals surface area contributed by atoms with Crippen molar-refractivity contribution in [2.75, 3.05) is 32.7 Å². The molecule has 0 amide bonds. The van der Waals surface area contributed by atoms with Crippen molar-refractivity contribution in [1.29, 1.82) is 0 Å². The molecule has 96 valence electrons. The zero-order chi connectivity index (χ0) is 12.8. The highest BCUT2D eigenvalue weighted by atomic mass is 16.5. The molecular formula is C14H18N2O2. The summed E-state index contributed by atoms with van der Waals surface area (Å²) >= 11 is 0. The van der Waals surface area contributed by atoms with Gasteiger partial charge >= 0.3 is 0 Å². The summed E-state index contributed by atoms with van der Waals surface area (Å²) in [4.78, 5) is 4.53. The number of para-hydroxylation sites is 1. The maximum absolute atomic E-state index is 5.28. The van der Waals surface area contributed by atoms with Gasteiger partial charge in [0, 0.05) is 26.2 Å². The summed E-state index contributed by atoms with van der Waals surface area (Å²) in [7, 11) is 3.35. The van der Waals surface area contributed by atoms with E-state index >= 15 is 0 Å². The third-order valence-electron chi connectivity index (χ3n) is 2.80. The van der Waals surface area contributed by atoms with Crippen LogP contribution in [-0.4, -0.2) is 38.5 Å². The van der Waals surface area contributed by atoms with Crippen LogP contribution in [0.1, 0.15) is 0 Å². The van der Waals surface area contributed by atoms with Gasteiger partial charge in [0.2, 0.25) is 0 Å². The Kier molecular flexibility index (Phi) is 4.50. The number of pyridine rings is 1. The molecule has 0 aliphatic heterocycles. The first-order valence-electron chi connectivity index (χ1n) is 5.95. The molecule has 1 unspecified atom stereocenters. The van der Waals surface area contributed by atoms with Crippen LogP contribution in [0.3, 0.4) is 0 Å². The van der Waals surface area contributed by atoms with Gasteiger partial charge in [-0.1, -0.05) is 18.2 Å². The third kappa shape index (κ3) is 3.18. The first-order valence-corrected chi connectivity index (χ1v) is 5.95. The third-order valence-corrected chi connectivity index (χ3v) is 2.80. The van der Waals surface area contributed by atoms with Gasteiger partial charge in [-0.3, -0.25) is 0 Å². The molecule has 1 N–H and O–H groups in total. The van der Waals surface area contributed by atoms with Gasteiger partial charge in [-0.05, 0) is 18.2 Å². The van der Waals surface area contributed by atoms with Crippen molar-refractivity contribution in [2.24, 2.45) is 0 Å². The number of methoxy groups -OCH3 is 2. The van der Waals surface area contributed by atoms with Crippen LogP contribution < -0.4 is 5.32 Å². The van der Waals surface area contributed by atoms with E-state index in [1.807, 2.05) is 24.3 Å². The largest absolute Gasteiger partial charge is 0.382 e. The molecule has 4 heteroatoms. The Labute approximate surface area is 107 Å². The molecule has 0 fully saturated rings. The second-order valence-electron chi connectivity index (χ2n) is 4.08. The number of hydrogen-bond donors (Lipinski definition) is 1. The van der Waals surface area contributed by atoms with E-state index in [0.717, 1.165) is 16.7 Å². The molecule has 0 aliphatic rings. The molecule has 1 aromatic heterocycles. The van der Waals surface area contributed by atoms with E-state index in [9.17, 15) is 0 Å². The smallest absolute Gasteiger partial charge is 0.126 e. The number of ether oxygens (including phenoxy) is 2. The molecule has 18 heavy (non-hydrogen) atoms. The molecule has 2 aromatic rings. The van der Waals surface area contributed by atoms with E-state index in [2.05, 4.69) is 22.4 Å². The molecule has 1 heterocycles. The number of nitrogens with zero attached hydrogens (tertiary/aromatic N) is 1. The van der Waals surface area contributed by atoms with Crippen LogP contribution >= 0.6 is 0 Å². The second kappa shape index (κ2) is 6.33. The fourth-order valence-corrected chi connectivity index (χ4v) is 1.78. The van der Waals surface area contributed by atoms with Crippen molar-refractivity contribution in [3.63, 3.8) is 0 Å². The van der Waals surface area contributed by atoms with Crippen molar-refractivity contribution in [2.45, 2.75) is 6.10 Å². The van der Waals surface area contributed by atoms with Gasteiger partial charge in [0.15, 0.2) is 0 Å². The topological polar surface area (TPSA) is 43.4 Å². The Hall–Kier alpha value is -1.65. The molecule has 2 rings (SSSR count). The Morgan fingerprint density at radius 3 is 2.78 bits per heavy atom. The van der Waals surface area contributed by atoms with E-state index in [1.165, 1.54) is 0 Å². The minimum atomic E-state index is 0.0308. The average Bonchev–Trinajstić information content (AvgIpc) is 2.43. The van der Waals surface area contributed by atoms with Crippen molar-refractivity contribution in [1.82, 2.24) is 4.98 Å². The minimum Gasteiger partial charge on any atom is -0.382 e. The molecule has 1 aromatic carbocycles. The van der Waals surface area contributed by atoms with E-state index < -0.39 is 0 Å². The highest BCUT2D eigenvalue weighted by Gasteiger charge is 2.06. The monoisotopic (exact) mass is 246 g/mol. The van der Waals surface area contributed by atoms with Crippen LogP contribution in [0.2, 0.25) is 0 Å². The molecule has 0 spiro atoms. The zero-order valence-electron chi connectivity index (χ0n) is 10.7. The standard InChI is InChI=1S/C14H18N2O2/c1-17-10-12(18-2)9-15-14-8-7-11-5-3-4-6-13(11)16-14/h3-8,12H,9-10H2,1-2H3,(H,15,16). The lowest BCUT2D eigenvalue weighted by Gasteiger charge is -2.15. The summed E-state index contributed by atoms with van der Waals surface area (Å²) in [6, 6.07) is 12.1. The van der Waals surface area contributed by atoms with Crippen LogP contribution in [0.5, 0.6) is 0 Å². The summed E-state index contributed by atoms with van der Waals surface area (Å²) < 4.78 is 10.4. The first-order chi connectivity index (χ1) is 8.83. The van der Waals surface area contributed by atoms with Crippen LogP contribution in [0, 0.1) is 0 Å². The van der Waals surface area contributed by atoms with Crippen LogP contribution in [0.15, 0.2) is 36.4 Å². The highest BCUT2D eigenvalue weighted by Crippen LogP contribution is 2.14. The van der Waals surface area contributed by atoms with Gasteiger partial charge in [0.1, 0.15) is 5.82 Å².